The van der Waals surface area contributed by atoms with Crippen LogP contribution in [0.1, 0.15) is 42.3 Å². The van der Waals surface area contributed by atoms with Crippen molar-refractivity contribution in [1.82, 2.24) is 4.90 Å². The molecule has 3 nitrogen and oxygen atoms in total. The van der Waals surface area contributed by atoms with E-state index in [0.29, 0.717) is 5.75 Å². The molecule has 0 saturated heterocycles. The largest absolute Gasteiger partial charge is 0.426 e. The molecule has 34 heavy (non-hydrogen) atoms. The summed E-state index contributed by atoms with van der Waals surface area (Å²) < 4.78 is 8.00. The van der Waals surface area contributed by atoms with Crippen LogP contribution in [0, 0.1) is 20.8 Å². The summed E-state index contributed by atoms with van der Waals surface area (Å²) >= 11 is 5.87. The standard InChI is InChI=1S/C29H32BrNO2S/c1-7-31(8-2)14-13-24-19(5)25-26(21-15-17(3)28(18(4)16-21)33-20(6)32)22-11-9-10-12-23(22)27(30)29(25)34-24/h9-12,15-16H,7-8,13-14H2,1-6H3. The van der Waals surface area contributed by atoms with Crippen LogP contribution in [-0.4, -0.2) is 30.5 Å². The van der Waals surface area contributed by atoms with E-state index in [1.165, 1.54) is 48.3 Å². The van der Waals surface area contributed by atoms with Crippen LogP contribution < -0.4 is 4.74 Å². The van der Waals surface area contributed by atoms with Gasteiger partial charge in [-0.1, -0.05) is 38.1 Å². The molecular weight excluding hydrogens is 506 g/mol. The third kappa shape index (κ3) is 4.53. The summed E-state index contributed by atoms with van der Waals surface area (Å²) in [5.74, 6) is 0.373. The molecule has 1 heterocycles. The minimum Gasteiger partial charge on any atom is -0.426 e. The maximum Gasteiger partial charge on any atom is 0.308 e. The van der Waals surface area contributed by atoms with Gasteiger partial charge >= 0.3 is 5.97 Å². The lowest BCUT2D eigenvalue weighted by Gasteiger charge is -2.17. The van der Waals surface area contributed by atoms with Crippen molar-refractivity contribution in [2.45, 2.75) is 48.0 Å². The molecule has 0 fully saturated rings. The summed E-state index contributed by atoms with van der Waals surface area (Å²) in [6, 6.07) is 12.9. The van der Waals surface area contributed by atoms with Crippen molar-refractivity contribution < 1.29 is 9.53 Å². The number of likely N-dealkylation sites (N-methyl/N-ethyl adjacent to an activating group) is 1. The fourth-order valence-electron chi connectivity index (χ4n) is 4.90. The van der Waals surface area contributed by atoms with E-state index in [-0.39, 0.29) is 5.97 Å². The van der Waals surface area contributed by atoms with Gasteiger partial charge in [-0.05, 0) is 107 Å². The molecule has 1 aromatic heterocycles. The van der Waals surface area contributed by atoms with Crippen molar-refractivity contribution in [2.24, 2.45) is 0 Å². The Labute approximate surface area is 214 Å². The zero-order valence-corrected chi connectivity index (χ0v) is 23.2. The molecule has 5 heteroatoms. The van der Waals surface area contributed by atoms with Crippen molar-refractivity contribution >= 4 is 54.1 Å². The smallest absolute Gasteiger partial charge is 0.308 e. The van der Waals surface area contributed by atoms with Crippen LogP contribution in [-0.2, 0) is 11.2 Å². The van der Waals surface area contributed by atoms with Crippen molar-refractivity contribution in [3.05, 3.63) is 62.4 Å². The van der Waals surface area contributed by atoms with Crippen LogP contribution in [0.15, 0.2) is 40.9 Å². The Balaban J connectivity index is 1.98. The highest BCUT2D eigenvalue weighted by molar-refractivity contribution is 9.11. The molecule has 178 valence electrons. The van der Waals surface area contributed by atoms with E-state index in [1.54, 1.807) is 0 Å². The first-order chi connectivity index (χ1) is 16.3. The topological polar surface area (TPSA) is 29.5 Å². The average Bonchev–Trinajstić information content (AvgIpc) is 3.13. The molecule has 0 spiro atoms. The Bertz CT molecular complexity index is 1360. The highest BCUT2D eigenvalue weighted by Gasteiger charge is 2.21. The summed E-state index contributed by atoms with van der Waals surface area (Å²) in [5.41, 5.74) is 5.74. The molecule has 0 unspecified atom stereocenters. The first kappa shape index (κ1) is 24.9. The summed E-state index contributed by atoms with van der Waals surface area (Å²) in [6.45, 7) is 15.4. The molecular formula is C29H32BrNO2S. The van der Waals surface area contributed by atoms with E-state index in [4.69, 9.17) is 4.74 Å². The first-order valence-electron chi connectivity index (χ1n) is 11.9. The van der Waals surface area contributed by atoms with Crippen LogP contribution in [0.4, 0.5) is 0 Å². The lowest BCUT2D eigenvalue weighted by atomic mass is 9.91. The van der Waals surface area contributed by atoms with Crippen molar-refractivity contribution in [3.63, 3.8) is 0 Å². The molecule has 0 aliphatic heterocycles. The van der Waals surface area contributed by atoms with Crippen LogP contribution in [0.3, 0.4) is 0 Å². The van der Waals surface area contributed by atoms with Crippen LogP contribution in [0.25, 0.3) is 32.0 Å². The number of benzene rings is 3. The number of aryl methyl sites for hydroxylation is 3. The number of hydrogen-bond acceptors (Lipinski definition) is 4. The maximum atomic E-state index is 11.6. The Kier molecular flexibility index (Phi) is 7.46. The molecule has 0 aliphatic carbocycles. The van der Waals surface area contributed by atoms with E-state index in [2.05, 4.69) is 78.0 Å². The number of halogens is 1. The number of carbonyl (C=O) groups is 1. The van der Waals surface area contributed by atoms with Crippen LogP contribution >= 0.6 is 27.3 Å². The number of thiophene rings is 1. The van der Waals surface area contributed by atoms with Gasteiger partial charge in [-0.25, -0.2) is 0 Å². The molecule has 0 radical (unpaired) electrons. The number of hydrogen-bond donors (Lipinski definition) is 0. The Morgan fingerprint density at radius 1 is 1.03 bits per heavy atom. The van der Waals surface area contributed by atoms with Crippen LogP contribution in [0.2, 0.25) is 0 Å². The van der Waals surface area contributed by atoms with Gasteiger partial charge in [-0.2, -0.15) is 0 Å². The highest BCUT2D eigenvalue weighted by atomic mass is 79.9. The van der Waals surface area contributed by atoms with E-state index in [1.807, 2.05) is 25.2 Å². The number of carbonyl (C=O) groups excluding carboxylic acids is 1. The summed E-state index contributed by atoms with van der Waals surface area (Å²) in [4.78, 5) is 15.6. The third-order valence-electron chi connectivity index (χ3n) is 6.67. The van der Waals surface area contributed by atoms with Gasteiger partial charge in [-0.15, -0.1) is 11.3 Å². The second kappa shape index (κ2) is 10.2. The Morgan fingerprint density at radius 3 is 2.24 bits per heavy atom. The summed E-state index contributed by atoms with van der Waals surface area (Å²) in [7, 11) is 0. The molecule has 0 amide bonds. The van der Waals surface area contributed by atoms with Crippen LogP contribution in [0.5, 0.6) is 5.75 Å². The molecule has 0 aliphatic rings. The number of ether oxygens (including phenoxy) is 1. The van der Waals surface area contributed by atoms with E-state index < -0.39 is 0 Å². The molecule has 0 saturated carbocycles. The second-order valence-electron chi connectivity index (χ2n) is 8.90. The third-order valence-corrected chi connectivity index (χ3v) is 9.13. The van der Waals surface area contributed by atoms with Crippen molar-refractivity contribution in [1.29, 1.82) is 0 Å². The highest BCUT2D eigenvalue weighted by Crippen LogP contribution is 2.48. The molecule has 4 rings (SSSR count). The normalized spacial score (nSPS) is 11.6. The van der Waals surface area contributed by atoms with Gasteiger partial charge in [-0.3, -0.25) is 4.79 Å². The molecule has 0 atom stereocenters. The molecule has 0 N–H and O–H groups in total. The van der Waals surface area contributed by atoms with Gasteiger partial charge in [0, 0.05) is 28.2 Å². The fraction of sp³-hybridized carbons (Fsp3) is 0.345. The zero-order valence-electron chi connectivity index (χ0n) is 20.8. The summed E-state index contributed by atoms with van der Waals surface area (Å²) in [6.07, 6.45) is 1.05. The van der Waals surface area contributed by atoms with Gasteiger partial charge < -0.3 is 9.64 Å². The lowest BCUT2D eigenvalue weighted by Crippen LogP contribution is -2.25. The number of nitrogens with zero attached hydrogens (tertiary/aromatic N) is 1. The van der Waals surface area contributed by atoms with Gasteiger partial charge in [0.1, 0.15) is 5.75 Å². The molecule has 0 bridgehead atoms. The predicted octanol–water partition coefficient (Wildman–Crippen LogP) is 8.22. The van der Waals surface area contributed by atoms with Gasteiger partial charge in [0.25, 0.3) is 0 Å². The minimum atomic E-state index is -0.290. The number of fused-ring (bicyclic) bond motifs is 2. The van der Waals surface area contributed by atoms with E-state index in [0.717, 1.165) is 42.7 Å². The van der Waals surface area contributed by atoms with Gasteiger partial charge in [0.15, 0.2) is 0 Å². The van der Waals surface area contributed by atoms with E-state index in [9.17, 15) is 4.79 Å². The summed E-state index contributed by atoms with van der Waals surface area (Å²) in [5, 5.41) is 3.78. The quantitative estimate of drug-likeness (QED) is 0.175. The Hall–Kier alpha value is -2.21. The van der Waals surface area contributed by atoms with E-state index >= 15 is 0 Å². The second-order valence-corrected chi connectivity index (χ2v) is 10.8. The lowest BCUT2D eigenvalue weighted by molar-refractivity contribution is -0.131. The van der Waals surface area contributed by atoms with Gasteiger partial charge in [0.05, 0.1) is 4.70 Å². The van der Waals surface area contributed by atoms with Gasteiger partial charge in [0.2, 0.25) is 0 Å². The number of esters is 1. The SMILES string of the molecule is CCN(CC)CCc1sc2c(Br)c3ccccc3c(-c3cc(C)c(OC(C)=O)c(C)c3)c2c1C. The minimum absolute atomic E-state index is 0.290. The monoisotopic (exact) mass is 537 g/mol. The predicted molar refractivity (Wildman–Crippen MR) is 149 cm³/mol. The van der Waals surface area contributed by atoms with Crippen molar-refractivity contribution in [3.8, 4) is 16.9 Å². The Morgan fingerprint density at radius 2 is 1.65 bits per heavy atom. The zero-order chi connectivity index (χ0) is 24.6. The average molecular weight is 539 g/mol. The number of rotatable bonds is 7. The molecule has 4 aromatic rings. The first-order valence-corrected chi connectivity index (χ1v) is 13.5. The van der Waals surface area contributed by atoms with Crippen molar-refractivity contribution in [2.75, 3.05) is 19.6 Å². The molecule has 3 aromatic carbocycles. The maximum absolute atomic E-state index is 11.6. The fourth-order valence-corrected chi connectivity index (χ4v) is 6.94.